The summed E-state index contributed by atoms with van der Waals surface area (Å²) in [6.07, 6.45) is 3.60. The second-order valence-electron chi connectivity index (χ2n) is 7.37. The summed E-state index contributed by atoms with van der Waals surface area (Å²) in [4.78, 5) is 12.0. The first-order valence-corrected chi connectivity index (χ1v) is 8.05. The van der Waals surface area contributed by atoms with Crippen LogP contribution in [0.1, 0.15) is 52.5 Å². The molecular weight excluding hydrogens is 260 g/mol. The Balaban J connectivity index is 1.82. The zero-order valence-corrected chi connectivity index (χ0v) is 13.8. The van der Waals surface area contributed by atoms with E-state index >= 15 is 0 Å². The van der Waals surface area contributed by atoms with Crippen LogP contribution in [0, 0.1) is 16.7 Å². The summed E-state index contributed by atoms with van der Waals surface area (Å²) in [7, 11) is 0. The Bertz CT molecular complexity index is 478. The molecule has 1 saturated carbocycles. The summed E-state index contributed by atoms with van der Waals surface area (Å²) in [5.41, 5.74) is 1.53. The van der Waals surface area contributed by atoms with Crippen molar-refractivity contribution in [2.45, 2.75) is 53.4 Å². The van der Waals surface area contributed by atoms with E-state index < -0.39 is 0 Å². The number of carbonyl (C=O) groups excluding carboxylic acids is 1. The molecule has 0 spiro atoms. The molecule has 0 radical (unpaired) electrons. The van der Waals surface area contributed by atoms with Gasteiger partial charge in [0, 0.05) is 11.8 Å². The van der Waals surface area contributed by atoms with Gasteiger partial charge in [-0.25, -0.2) is 0 Å². The molecule has 2 nitrogen and oxygen atoms in total. The molecule has 2 heteroatoms. The third-order valence-electron chi connectivity index (χ3n) is 5.93. The van der Waals surface area contributed by atoms with Gasteiger partial charge in [0.1, 0.15) is 0 Å². The number of rotatable bonds is 5. The second-order valence-corrected chi connectivity index (χ2v) is 7.37. The lowest BCUT2D eigenvalue weighted by Crippen LogP contribution is -2.37. The predicted octanol–water partition coefficient (Wildman–Crippen LogP) is 4.62. The van der Waals surface area contributed by atoms with Gasteiger partial charge in [0.05, 0.1) is 6.61 Å². The van der Waals surface area contributed by atoms with E-state index in [0.29, 0.717) is 18.9 Å². The number of aryl methyl sites for hydroxylation is 1. The van der Waals surface area contributed by atoms with Crippen molar-refractivity contribution in [2.75, 3.05) is 6.61 Å². The smallest absolute Gasteiger partial charge is 0.306 e. The monoisotopic (exact) mass is 288 g/mol. The van der Waals surface area contributed by atoms with Crippen LogP contribution in [0.15, 0.2) is 30.3 Å². The topological polar surface area (TPSA) is 26.3 Å². The van der Waals surface area contributed by atoms with Gasteiger partial charge in [-0.2, -0.15) is 0 Å². The van der Waals surface area contributed by atoms with Crippen molar-refractivity contribution in [2.24, 2.45) is 16.7 Å². The molecule has 0 aliphatic heterocycles. The second kappa shape index (κ2) is 6.21. The van der Waals surface area contributed by atoms with Crippen LogP contribution in [0.3, 0.4) is 0 Å². The number of carbonyl (C=O) groups is 1. The normalized spacial score (nSPS) is 27.5. The predicted molar refractivity (Wildman–Crippen MR) is 86.0 cm³/mol. The molecule has 0 unspecified atom stereocenters. The zero-order valence-electron chi connectivity index (χ0n) is 13.8. The van der Waals surface area contributed by atoms with Gasteiger partial charge < -0.3 is 4.74 Å². The fourth-order valence-corrected chi connectivity index (χ4v) is 3.27. The molecule has 0 aromatic heterocycles. The van der Waals surface area contributed by atoms with E-state index in [-0.39, 0.29) is 16.8 Å². The van der Waals surface area contributed by atoms with Crippen molar-refractivity contribution >= 4 is 5.97 Å². The summed E-state index contributed by atoms with van der Waals surface area (Å²) in [5.74, 6) is 0.612. The van der Waals surface area contributed by atoms with Crippen LogP contribution in [0.5, 0.6) is 0 Å². The van der Waals surface area contributed by atoms with Crippen molar-refractivity contribution in [1.82, 2.24) is 0 Å². The molecule has 116 valence electrons. The van der Waals surface area contributed by atoms with E-state index in [1.165, 1.54) is 12.0 Å². The molecule has 1 aromatic carbocycles. The van der Waals surface area contributed by atoms with E-state index in [0.717, 1.165) is 12.8 Å². The van der Waals surface area contributed by atoms with Crippen LogP contribution in [-0.2, 0) is 16.0 Å². The lowest BCUT2D eigenvalue weighted by Gasteiger charge is -2.40. The van der Waals surface area contributed by atoms with Gasteiger partial charge >= 0.3 is 5.97 Å². The Morgan fingerprint density at radius 1 is 1.24 bits per heavy atom. The Kier molecular flexibility index (Phi) is 4.75. The van der Waals surface area contributed by atoms with Gasteiger partial charge in [-0.05, 0) is 36.2 Å². The Morgan fingerprint density at radius 2 is 1.90 bits per heavy atom. The highest BCUT2D eigenvalue weighted by atomic mass is 16.5. The minimum absolute atomic E-state index is 0.0737. The number of hydrogen-bond donors (Lipinski definition) is 0. The SMILES string of the molecule is C[C@@H]1CC[C@@](C)(COC(=O)CCc2ccccc2)C1(C)C. The minimum Gasteiger partial charge on any atom is -0.465 e. The van der Waals surface area contributed by atoms with Crippen molar-refractivity contribution in [3.8, 4) is 0 Å². The molecule has 1 fully saturated rings. The number of benzene rings is 1. The van der Waals surface area contributed by atoms with Crippen molar-refractivity contribution in [3.63, 3.8) is 0 Å². The minimum atomic E-state index is -0.0737. The standard InChI is InChI=1S/C19H28O2/c1-15-12-13-19(4,18(15,2)3)14-21-17(20)11-10-16-8-6-5-7-9-16/h5-9,15H,10-14H2,1-4H3/t15-,19+/m1/s1. The largest absolute Gasteiger partial charge is 0.465 e. The van der Waals surface area contributed by atoms with E-state index in [4.69, 9.17) is 4.74 Å². The van der Waals surface area contributed by atoms with E-state index in [1.54, 1.807) is 0 Å². The first-order chi connectivity index (χ1) is 9.85. The summed E-state index contributed by atoms with van der Waals surface area (Å²) >= 11 is 0. The number of ether oxygens (including phenoxy) is 1. The molecule has 21 heavy (non-hydrogen) atoms. The van der Waals surface area contributed by atoms with Crippen LogP contribution in [0.25, 0.3) is 0 Å². The van der Waals surface area contributed by atoms with Gasteiger partial charge in [-0.1, -0.05) is 58.0 Å². The van der Waals surface area contributed by atoms with Crippen molar-refractivity contribution < 1.29 is 9.53 Å². The third-order valence-corrected chi connectivity index (χ3v) is 5.93. The molecule has 2 atom stereocenters. The Morgan fingerprint density at radius 3 is 2.48 bits per heavy atom. The summed E-state index contributed by atoms with van der Waals surface area (Å²) in [5, 5.41) is 0. The van der Waals surface area contributed by atoms with Gasteiger partial charge in [-0.15, -0.1) is 0 Å². The summed E-state index contributed by atoms with van der Waals surface area (Å²) < 4.78 is 5.60. The van der Waals surface area contributed by atoms with Crippen LogP contribution >= 0.6 is 0 Å². The highest BCUT2D eigenvalue weighted by molar-refractivity contribution is 5.69. The lowest BCUT2D eigenvalue weighted by molar-refractivity contribution is -0.149. The molecule has 2 rings (SSSR count). The molecule has 0 saturated heterocycles. The Hall–Kier alpha value is -1.31. The third kappa shape index (κ3) is 3.48. The summed E-state index contributed by atoms with van der Waals surface area (Å²) in [6.45, 7) is 9.74. The molecule has 0 bridgehead atoms. The number of hydrogen-bond acceptors (Lipinski definition) is 2. The highest BCUT2D eigenvalue weighted by Gasteiger charge is 2.50. The average Bonchev–Trinajstić information content (AvgIpc) is 2.68. The molecule has 0 amide bonds. The van der Waals surface area contributed by atoms with Crippen LogP contribution in [-0.4, -0.2) is 12.6 Å². The highest BCUT2D eigenvalue weighted by Crippen LogP contribution is 2.55. The first kappa shape index (κ1) is 16.1. The van der Waals surface area contributed by atoms with Gasteiger partial charge in [-0.3, -0.25) is 4.79 Å². The van der Waals surface area contributed by atoms with E-state index in [1.807, 2.05) is 18.2 Å². The quantitative estimate of drug-likeness (QED) is 0.739. The van der Waals surface area contributed by atoms with Crippen LogP contribution in [0.2, 0.25) is 0 Å². The van der Waals surface area contributed by atoms with Crippen LogP contribution < -0.4 is 0 Å². The molecule has 1 aliphatic carbocycles. The van der Waals surface area contributed by atoms with E-state index in [9.17, 15) is 4.79 Å². The maximum atomic E-state index is 12.0. The molecule has 1 aliphatic rings. The molecular formula is C19H28O2. The van der Waals surface area contributed by atoms with Crippen molar-refractivity contribution in [1.29, 1.82) is 0 Å². The maximum absolute atomic E-state index is 12.0. The fraction of sp³-hybridized carbons (Fsp3) is 0.632. The maximum Gasteiger partial charge on any atom is 0.306 e. The molecule has 1 aromatic rings. The first-order valence-electron chi connectivity index (χ1n) is 8.05. The number of esters is 1. The van der Waals surface area contributed by atoms with Crippen LogP contribution in [0.4, 0.5) is 0 Å². The molecule has 0 heterocycles. The zero-order chi connectivity index (χ0) is 15.5. The lowest BCUT2D eigenvalue weighted by atomic mass is 9.66. The summed E-state index contributed by atoms with van der Waals surface area (Å²) in [6, 6.07) is 10.1. The van der Waals surface area contributed by atoms with Gasteiger partial charge in [0.15, 0.2) is 0 Å². The van der Waals surface area contributed by atoms with Gasteiger partial charge in [0.2, 0.25) is 0 Å². The average molecular weight is 288 g/mol. The fourth-order valence-electron chi connectivity index (χ4n) is 3.27. The molecule has 0 N–H and O–H groups in total. The Labute approximate surface area is 128 Å². The van der Waals surface area contributed by atoms with E-state index in [2.05, 4.69) is 39.8 Å². The van der Waals surface area contributed by atoms with Crippen molar-refractivity contribution in [3.05, 3.63) is 35.9 Å². The van der Waals surface area contributed by atoms with Gasteiger partial charge in [0.25, 0.3) is 0 Å².